The maximum Gasteiger partial charge on any atom is 0.416 e. The van der Waals surface area contributed by atoms with Gasteiger partial charge in [-0.25, -0.2) is 0 Å². The molecule has 2 aromatic rings. The number of hydrogen-bond acceptors (Lipinski definition) is 2. The standard InChI is InChI=1S/C18H13F3O2/c19-18(20,21)13-7-4-11(5-8-13)10-12-6-9-14-15(17(12)23)2-1-3-16(14)22/h1-5,7-8,10,22H,6,9H2/b12-10+. The average molecular weight is 318 g/mol. The van der Waals surface area contributed by atoms with E-state index in [2.05, 4.69) is 0 Å². The van der Waals surface area contributed by atoms with Crippen molar-refractivity contribution < 1.29 is 23.1 Å². The lowest BCUT2D eigenvalue weighted by molar-refractivity contribution is -0.137. The van der Waals surface area contributed by atoms with Gasteiger partial charge < -0.3 is 5.11 Å². The van der Waals surface area contributed by atoms with Crippen molar-refractivity contribution in [1.29, 1.82) is 0 Å². The van der Waals surface area contributed by atoms with Crippen molar-refractivity contribution in [2.75, 3.05) is 0 Å². The van der Waals surface area contributed by atoms with Gasteiger partial charge in [0.25, 0.3) is 0 Å². The molecule has 0 aromatic heterocycles. The molecule has 118 valence electrons. The second-order valence-electron chi connectivity index (χ2n) is 5.42. The summed E-state index contributed by atoms with van der Waals surface area (Å²) in [5, 5.41) is 9.78. The Morgan fingerprint density at radius 2 is 1.70 bits per heavy atom. The smallest absolute Gasteiger partial charge is 0.416 e. The fraction of sp³-hybridized carbons (Fsp3) is 0.167. The molecule has 1 aliphatic carbocycles. The molecule has 0 bridgehead atoms. The Labute approximate surface area is 130 Å². The number of phenols is 1. The van der Waals surface area contributed by atoms with Crippen LogP contribution in [0.3, 0.4) is 0 Å². The van der Waals surface area contributed by atoms with Crippen LogP contribution in [0.25, 0.3) is 6.08 Å². The SMILES string of the molecule is O=C1/C(=C/c2ccc(C(F)(F)F)cc2)CCc2c(O)cccc21. The van der Waals surface area contributed by atoms with Gasteiger partial charge in [-0.3, -0.25) is 4.79 Å². The number of Topliss-reactive ketones (excluding diaryl/α,β-unsaturated/α-hetero) is 1. The van der Waals surface area contributed by atoms with Gasteiger partial charge in [0.1, 0.15) is 5.75 Å². The molecule has 0 heterocycles. The number of carbonyl (C=O) groups is 1. The number of fused-ring (bicyclic) bond motifs is 1. The molecule has 0 saturated carbocycles. The first-order valence-corrected chi connectivity index (χ1v) is 7.09. The average Bonchev–Trinajstić information content (AvgIpc) is 2.50. The molecule has 1 N–H and O–H groups in total. The number of aromatic hydroxyl groups is 1. The normalized spacial score (nSPS) is 16.5. The van der Waals surface area contributed by atoms with Crippen molar-refractivity contribution in [1.82, 2.24) is 0 Å². The highest BCUT2D eigenvalue weighted by molar-refractivity contribution is 6.13. The highest BCUT2D eigenvalue weighted by atomic mass is 19.4. The van der Waals surface area contributed by atoms with Crippen LogP contribution >= 0.6 is 0 Å². The van der Waals surface area contributed by atoms with Crippen molar-refractivity contribution in [3.63, 3.8) is 0 Å². The highest BCUT2D eigenvalue weighted by Gasteiger charge is 2.30. The molecule has 0 atom stereocenters. The van der Waals surface area contributed by atoms with Crippen molar-refractivity contribution in [2.45, 2.75) is 19.0 Å². The van der Waals surface area contributed by atoms with E-state index in [1.165, 1.54) is 18.2 Å². The number of allylic oxidation sites excluding steroid dienone is 1. The summed E-state index contributed by atoms with van der Waals surface area (Å²) < 4.78 is 37.7. The van der Waals surface area contributed by atoms with E-state index in [0.717, 1.165) is 12.1 Å². The fourth-order valence-electron chi connectivity index (χ4n) is 2.70. The molecule has 0 radical (unpaired) electrons. The van der Waals surface area contributed by atoms with Gasteiger partial charge in [-0.1, -0.05) is 24.3 Å². The second kappa shape index (κ2) is 5.57. The molecule has 0 unspecified atom stereocenters. The van der Waals surface area contributed by atoms with Gasteiger partial charge in [-0.2, -0.15) is 13.2 Å². The summed E-state index contributed by atoms with van der Waals surface area (Å²) in [4.78, 5) is 12.4. The minimum atomic E-state index is -4.37. The number of benzene rings is 2. The number of alkyl halides is 3. The zero-order valence-corrected chi connectivity index (χ0v) is 12.0. The number of carbonyl (C=O) groups excluding carboxylic acids is 1. The molecule has 1 aliphatic rings. The maximum atomic E-state index is 12.6. The van der Waals surface area contributed by atoms with Gasteiger partial charge in [-0.15, -0.1) is 0 Å². The van der Waals surface area contributed by atoms with Crippen LogP contribution in [0.2, 0.25) is 0 Å². The van der Waals surface area contributed by atoms with Crippen LogP contribution in [-0.4, -0.2) is 10.9 Å². The van der Waals surface area contributed by atoms with Crippen LogP contribution in [0.15, 0.2) is 48.0 Å². The molecule has 0 spiro atoms. The number of rotatable bonds is 1. The van der Waals surface area contributed by atoms with Crippen LogP contribution in [0.4, 0.5) is 13.2 Å². The van der Waals surface area contributed by atoms with E-state index >= 15 is 0 Å². The summed E-state index contributed by atoms with van der Waals surface area (Å²) in [6.07, 6.45) is -1.79. The molecule has 0 fully saturated rings. The number of halogens is 3. The maximum absolute atomic E-state index is 12.6. The van der Waals surface area contributed by atoms with E-state index in [-0.39, 0.29) is 11.5 Å². The Morgan fingerprint density at radius 1 is 1.00 bits per heavy atom. The fourth-order valence-corrected chi connectivity index (χ4v) is 2.70. The minimum absolute atomic E-state index is 0.101. The van der Waals surface area contributed by atoms with E-state index in [9.17, 15) is 23.1 Å². The molecule has 0 aliphatic heterocycles. The van der Waals surface area contributed by atoms with Crippen LogP contribution in [0, 0.1) is 0 Å². The van der Waals surface area contributed by atoms with Crippen LogP contribution in [-0.2, 0) is 12.6 Å². The molecule has 2 nitrogen and oxygen atoms in total. The first-order chi connectivity index (χ1) is 10.9. The van der Waals surface area contributed by atoms with Crippen LogP contribution in [0.5, 0.6) is 5.75 Å². The third-order valence-electron chi connectivity index (χ3n) is 3.91. The predicted octanol–water partition coefficient (Wildman–Crippen LogP) is 4.62. The molecule has 5 heteroatoms. The summed E-state index contributed by atoms with van der Waals surface area (Å²) in [5.74, 6) is -0.0912. The summed E-state index contributed by atoms with van der Waals surface area (Å²) >= 11 is 0. The third-order valence-corrected chi connectivity index (χ3v) is 3.91. The van der Waals surface area contributed by atoms with Crippen molar-refractivity contribution in [2.24, 2.45) is 0 Å². The second-order valence-corrected chi connectivity index (χ2v) is 5.42. The van der Waals surface area contributed by atoms with Gasteiger partial charge >= 0.3 is 6.18 Å². The van der Waals surface area contributed by atoms with Gasteiger partial charge in [0.05, 0.1) is 5.56 Å². The quantitative estimate of drug-likeness (QED) is 0.779. The number of ketones is 1. The molecular weight excluding hydrogens is 305 g/mol. The predicted molar refractivity (Wildman–Crippen MR) is 80.2 cm³/mol. The Morgan fingerprint density at radius 3 is 2.35 bits per heavy atom. The van der Waals surface area contributed by atoms with Gasteiger partial charge in [0.2, 0.25) is 0 Å². The van der Waals surface area contributed by atoms with E-state index in [1.807, 2.05) is 0 Å². The van der Waals surface area contributed by atoms with Crippen molar-refractivity contribution in [3.05, 3.63) is 70.3 Å². The largest absolute Gasteiger partial charge is 0.508 e. The van der Waals surface area contributed by atoms with Gasteiger partial charge in [-0.05, 0) is 42.7 Å². The zero-order chi connectivity index (χ0) is 16.6. The van der Waals surface area contributed by atoms with Gasteiger partial charge in [0, 0.05) is 16.7 Å². The van der Waals surface area contributed by atoms with Crippen LogP contribution < -0.4 is 0 Å². The summed E-state index contributed by atoms with van der Waals surface area (Å²) in [6, 6.07) is 9.49. The molecule has 0 amide bonds. The Balaban J connectivity index is 1.91. The van der Waals surface area contributed by atoms with Crippen LogP contribution in [0.1, 0.15) is 33.5 Å². The molecule has 3 rings (SSSR count). The van der Waals surface area contributed by atoms with E-state index in [4.69, 9.17) is 0 Å². The topological polar surface area (TPSA) is 37.3 Å². The summed E-state index contributed by atoms with van der Waals surface area (Å²) in [5.41, 5.74) is 1.44. The van der Waals surface area contributed by atoms with Crippen molar-refractivity contribution in [3.8, 4) is 5.75 Å². The lowest BCUT2D eigenvalue weighted by Gasteiger charge is -2.18. The van der Waals surface area contributed by atoms with E-state index in [1.54, 1.807) is 18.2 Å². The third kappa shape index (κ3) is 2.99. The molecule has 0 saturated heterocycles. The first-order valence-electron chi connectivity index (χ1n) is 7.09. The first kappa shape index (κ1) is 15.3. The highest BCUT2D eigenvalue weighted by Crippen LogP contribution is 2.33. The van der Waals surface area contributed by atoms with Gasteiger partial charge in [0.15, 0.2) is 5.78 Å². The lowest BCUT2D eigenvalue weighted by atomic mass is 9.85. The zero-order valence-electron chi connectivity index (χ0n) is 12.0. The number of hydrogen-bond donors (Lipinski definition) is 1. The monoisotopic (exact) mass is 318 g/mol. The molecule has 23 heavy (non-hydrogen) atoms. The Bertz CT molecular complexity index is 787. The summed E-state index contributed by atoms with van der Waals surface area (Å²) in [6.45, 7) is 0. The minimum Gasteiger partial charge on any atom is -0.508 e. The molecule has 2 aromatic carbocycles. The van der Waals surface area contributed by atoms with E-state index in [0.29, 0.717) is 35.1 Å². The summed E-state index contributed by atoms with van der Waals surface area (Å²) in [7, 11) is 0. The van der Waals surface area contributed by atoms with E-state index < -0.39 is 11.7 Å². The Kier molecular flexibility index (Phi) is 3.72. The van der Waals surface area contributed by atoms with Crippen molar-refractivity contribution >= 4 is 11.9 Å². The molecular formula is C18H13F3O2. The number of phenolic OH excluding ortho intramolecular Hbond substituents is 1. The lowest BCUT2D eigenvalue weighted by Crippen LogP contribution is -2.14. The Hall–Kier alpha value is -2.56.